The van der Waals surface area contributed by atoms with Crippen LogP contribution < -0.4 is 5.32 Å². The van der Waals surface area contributed by atoms with Gasteiger partial charge in [-0.05, 0) is 19.3 Å². The van der Waals surface area contributed by atoms with Crippen molar-refractivity contribution in [3.63, 3.8) is 0 Å². The van der Waals surface area contributed by atoms with Crippen LogP contribution in [0.15, 0.2) is 0 Å². The summed E-state index contributed by atoms with van der Waals surface area (Å²) in [4.78, 5) is 25.1. The van der Waals surface area contributed by atoms with Crippen molar-refractivity contribution >= 4 is 11.8 Å². The first kappa shape index (κ1) is 12.6. The predicted molar refractivity (Wildman–Crippen MR) is 61.4 cm³/mol. The third-order valence-electron chi connectivity index (χ3n) is 2.71. The second-order valence-corrected chi connectivity index (χ2v) is 4.54. The van der Waals surface area contributed by atoms with E-state index < -0.39 is 12.1 Å². The lowest BCUT2D eigenvalue weighted by Crippen LogP contribution is -2.62. The molecule has 0 spiro atoms. The molecule has 88 valence electrons. The normalized spacial score (nSPS) is 25.6. The second kappa shape index (κ2) is 5.02. The first-order valence-electron chi connectivity index (χ1n) is 5.51. The summed E-state index contributed by atoms with van der Waals surface area (Å²) >= 11 is 0. The lowest BCUT2D eigenvalue weighted by atomic mass is 9.99. The molecule has 2 atom stereocenters. The average molecular weight is 222 g/mol. The van der Waals surface area contributed by atoms with Gasteiger partial charge in [-0.25, -0.2) is 0 Å². The molecule has 2 amide bonds. The fourth-order valence-electron chi connectivity index (χ4n) is 1.83. The highest BCUT2D eigenvalue weighted by Gasteiger charge is 2.37. The molecule has 4 heteroatoms. The van der Waals surface area contributed by atoms with Crippen molar-refractivity contribution in [2.75, 3.05) is 6.54 Å². The van der Waals surface area contributed by atoms with E-state index in [1.165, 1.54) is 4.90 Å². The van der Waals surface area contributed by atoms with Crippen LogP contribution in [0.4, 0.5) is 0 Å². The fraction of sp³-hybridized carbons (Fsp3) is 0.667. The molecule has 0 radical (unpaired) electrons. The molecule has 1 aliphatic rings. The highest BCUT2D eigenvalue weighted by molar-refractivity contribution is 5.96. The monoisotopic (exact) mass is 222 g/mol. The summed E-state index contributed by atoms with van der Waals surface area (Å²) in [5.41, 5.74) is 0. The Morgan fingerprint density at radius 3 is 2.62 bits per heavy atom. The van der Waals surface area contributed by atoms with Gasteiger partial charge < -0.3 is 10.2 Å². The van der Waals surface area contributed by atoms with Gasteiger partial charge in [0.1, 0.15) is 12.1 Å². The molecule has 16 heavy (non-hydrogen) atoms. The third kappa shape index (κ3) is 2.54. The molecular weight excluding hydrogens is 204 g/mol. The Kier molecular flexibility index (Phi) is 3.94. The fourth-order valence-corrected chi connectivity index (χ4v) is 1.83. The van der Waals surface area contributed by atoms with Crippen LogP contribution in [0.1, 0.15) is 27.2 Å². The topological polar surface area (TPSA) is 49.4 Å². The molecule has 1 aliphatic heterocycles. The molecule has 1 rings (SSSR count). The smallest absolute Gasteiger partial charge is 0.246 e. The van der Waals surface area contributed by atoms with Crippen molar-refractivity contribution in [2.45, 2.75) is 39.3 Å². The molecule has 0 aromatic heterocycles. The van der Waals surface area contributed by atoms with E-state index in [9.17, 15) is 9.59 Å². The Balaban J connectivity index is 2.81. The molecule has 1 heterocycles. The van der Waals surface area contributed by atoms with Gasteiger partial charge in [-0.2, -0.15) is 0 Å². The molecule has 1 saturated heterocycles. The van der Waals surface area contributed by atoms with E-state index in [0.717, 1.165) is 0 Å². The maximum atomic E-state index is 12.0. The minimum absolute atomic E-state index is 0.0706. The quantitative estimate of drug-likeness (QED) is 0.702. The van der Waals surface area contributed by atoms with E-state index in [4.69, 9.17) is 6.42 Å². The van der Waals surface area contributed by atoms with Crippen molar-refractivity contribution in [2.24, 2.45) is 5.92 Å². The zero-order chi connectivity index (χ0) is 12.3. The SMILES string of the molecule is C#CCN1C(=O)C(CC(C)C)NC(=O)C1C. The number of piperazine rings is 1. The van der Waals surface area contributed by atoms with E-state index in [1.807, 2.05) is 13.8 Å². The summed E-state index contributed by atoms with van der Waals surface area (Å²) in [7, 11) is 0. The van der Waals surface area contributed by atoms with Crippen molar-refractivity contribution in [1.82, 2.24) is 10.2 Å². The van der Waals surface area contributed by atoms with E-state index in [-0.39, 0.29) is 18.4 Å². The van der Waals surface area contributed by atoms with Crippen molar-refractivity contribution < 1.29 is 9.59 Å². The number of nitrogens with zero attached hydrogens (tertiary/aromatic N) is 1. The molecule has 0 saturated carbocycles. The molecule has 0 aromatic rings. The van der Waals surface area contributed by atoms with Crippen molar-refractivity contribution in [3.8, 4) is 12.3 Å². The summed E-state index contributed by atoms with van der Waals surface area (Å²) in [5, 5.41) is 2.74. The molecule has 1 fully saturated rings. The summed E-state index contributed by atoms with van der Waals surface area (Å²) in [6, 6.07) is -0.885. The molecule has 0 aromatic carbocycles. The predicted octanol–water partition coefficient (Wildman–Crippen LogP) is 0.381. The maximum Gasteiger partial charge on any atom is 0.246 e. The zero-order valence-corrected chi connectivity index (χ0v) is 9.99. The van der Waals surface area contributed by atoms with E-state index in [1.54, 1.807) is 6.92 Å². The average Bonchev–Trinajstić information content (AvgIpc) is 2.20. The van der Waals surface area contributed by atoms with Gasteiger partial charge in [-0.1, -0.05) is 19.8 Å². The number of hydrogen-bond donors (Lipinski definition) is 1. The van der Waals surface area contributed by atoms with Gasteiger partial charge in [0.25, 0.3) is 0 Å². The van der Waals surface area contributed by atoms with Crippen LogP contribution in [0.2, 0.25) is 0 Å². The van der Waals surface area contributed by atoms with Gasteiger partial charge in [0.15, 0.2) is 0 Å². The molecule has 2 unspecified atom stereocenters. The van der Waals surface area contributed by atoms with Gasteiger partial charge in [-0.3, -0.25) is 9.59 Å². The highest BCUT2D eigenvalue weighted by Crippen LogP contribution is 2.14. The van der Waals surface area contributed by atoms with Gasteiger partial charge in [0.05, 0.1) is 6.54 Å². The minimum atomic E-state index is -0.466. The Labute approximate surface area is 96.4 Å². The number of hydrogen-bond acceptors (Lipinski definition) is 2. The zero-order valence-electron chi connectivity index (χ0n) is 9.99. The lowest BCUT2D eigenvalue weighted by molar-refractivity contribution is -0.148. The van der Waals surface area contributed by atoms with Crippen molar-refractivity contribution in [3.05, 3.63) is 0 Å². The number of rotatable bonds is 3. The molecular formula is C12H18N2O2. The molecule has 1 N–H and O–H groups in total. The third-order valence-corrected chi connectivity index (χ3v) is 2.71. The number of amides is 2. The van der Waals surface area contributed by atoms with E-state index in [2.05, 4.69) is 11.2 Å². The Morgan fingerprint density at radius 2 is 2.12 bits per heavy atom. The number of nitrogens with one attached hydrogen (secondary N) is 1. The van der Waals surface area contributed by atoms with Crippen LogP contribution in [0.3, 0.4) is 0 Å². The lowest BCUT2D eigenvalue weighted by Gasteiger charge is -2.36. The highest BCUT2D eigenvalue weighted by atomic mass is 16.2. The summed E-state index contributed by atoms with van der Waals surface area (Å²) in [6.07, 6.45) is 5.85. The standard InChI is InChI=1S/C12H18N2O2/c1-5-6-14-9(4)11(15)13-10(12(14)16)7-8(2)3/h1,8-10H,6-7H2,2-4H3,(H,13,15). The van der Waals surface area contributed by atoms with Crippen LogP contribution >= 0.6 is 0 Å². The summed E-state index contributed by atoms with van der Waals surface area (Å²) in [5.74, 6) is 2.58. The first-order chi connectivity index (χ1) is 7.47. The van der Waals surface area contributed by atoms with Crippen LogP contribution in [0.25, 0.3) is 0 Å². The molecule has 0 aliphatic carbocycles. The number of carbonyl (C=O) groups excluding carboxylic acids is 2. The van der Waals surface area contributed by atoms with E-state index >= 15 is 0 Å². The molecule has 4 nitrogen and oxygen atoms in total. The number of carbonyl (C=O) groups is 2. The Morgan fingerprint density at radius 1 is 1.50 bits per heavy atom. The van der Waals surface area contributed by atoms with E-state index in [0.29, 0.717) is 12.3 Å². The second-order valence-electron chi connectivity index (χ2n) is 4.54. The van der Waals surface area contributed by atoms with Crippen LogP contribution in [-0.4, -0.2) is 35.3 Å². The van der Waals surface area contributed by atoms with Gasteiger partial charge in [0, 0.05) is 0 Å². The Hall–Kier alpha value is -1.50. The minimum Gasteiger partial charge on any atom is -0.343 e. The van der Waals surface area contributed by atoms with Gasteiger partial charge in [-0.15, -0.1) is 6.42 Å². The van der Waals surface area contributed by atoms with Crippen LogP contribution in [-0.2, 0) is 9.59 Å². The largest absolute Gasteiger partial charge is 0.343 e. The maximum absolute atomic E-state index is 12.0. The number of terminal acetylenes is 1. The summed E-state index contributed by atoms with van der Waals surface area (Å²) in [6.45, 7) is 5.92. The molecule has 0 bridgehead atoms. The van der Waals surface area contributed by atoms with Gasteiger partial charge in [0.2, 0.25) is 11.8 Å². The van der Waals surface area contributed by atoms with Crippen LogP contribution in [0, 0.1) is 18.3 Å². The Bertz CT molecular complexity index is 330. The summed E-state index contributed by atoms with van der Waals surface area (Å²) < 4.78 is 0. The first-order valence-corrected chi connectivity index (χ1v) is 5.51. The van der Waals surface area contributed by atoms with Crippen LogP contribution in [0.5, 0.6) is 0 Å². The van der Waals surface area contributed by atoms with Crippen molar-refractivity contribution in [1.29, 1.82) is 0 Å². The van der Waals surface area contributed by atoms with Gasteiger partial charge >= 0.3 is 0 Å².